The molecule has 0 N–H and O–H groups in total. The van der Waals surface area contributed by atoms with Crippen LogP contribution in [-0.4, -0.2) is 12.0 Å². The molecule has 0 saturated carbocycles. The molecule has 0 aromatic carbocycles. The van der Waals surface area contributed by atoms with E-state index in [1.165, 1.54) is 12.8 Å². The van der Waals surface area contributed by atoms with Crippen LogP contribution >= 0.6 is 12.6 Å². The lowest BCUT2D eigenvalue weighted by molar-refractivity contribution is 0.0742. The monoisotopic (exact) mass is 118 g/mol. The van der Waals surface area contributed by atoms with Gasteiger partial charge in [-0.15, -0.1) is 12.6 Å². The van der Waals surface area contributed by atoms with Gasteiger partial charge in [-0.2, -0.15) is 0 Å². The fourth-order valence-corrected chi connectivity index (χ4v) is 1.01. The Morgan fingerprint density at radius 3 is 2.57 bits per heavy atom. The zero-order chi connectivity index (χ0) is 5.11. The number of hydrogen-bond acceptors (Lipinski definition) is 2. The van der Waals surface area contributed by atoms with Crippen LogP contribution < -0.4 is 0 Å². The molecule has 7 heavy (non-hydrogen) atoms. The summed E-state index contributed by atoms with van der Waals surface area (Å²) in [5.74, 6) is 0. The molecule has 1 saturated heterocycles. The third-order valence-corrected chi connectivity index (χ3v) is 1.56. The highest BCUT2D eigenvalue weighted by atomic mass is 32.1. The Labute approximate surface area is 49.5 Å². The summed E-state index contributed by atoms with van der Waals surface area (Å²) in [5, 5.41) is 0. The summed E-state index contributed by atoms with van der Waals surface area (Å²) >= 11 is 4.14. The van der Waals surface area contributed by atoms with Gasteiger partial charge in [-0.25, -0.2) is 0 Å². The van der Waals surface area contributed by atoms with Gasteiger partial charge in [-0.05, 0) is 19.3 Å². The van der Waals surface area contributed by atoms with Gasteiger partial charge in [-0.3, -0.25) is 0 Å². The van der Waals surface area contributed by atoms with E-state index in [2.05, 4.69) is 12.6 Å². The van der Waals surface area contributed by atoms with E-state index in [9.17, 15) is 0 Å². The lowest BCUT2D eigenvalue weighted by Gasteiger charge is -2.16. The molecule has 1 aliphatic heterocycles. The minimum absolute atomic E-state index is 0.230. The topological polar surface area (TPSA) is 9.23 Å². The van der Waals surface area contributed by atoms with Crippen LogP contribution in [0.15, 0.2) is 0 Å². The van der Waals surface area contributed by atoms with Gasteiger partial charge in [0.25, 0.3) is 0 Å². The van der Waals surface area contributed by atoms with Crippen molar-refractivity contribution in [3.05, 3.63) is 0 Å². The largest absolute Gasteiger partial charge is 0.368 e. The molecule has 0 aromatic rings. The molecule has 42 valence electrons. The lowest BCUT2D eigenvalue weighted by Crippen LogP contribution is -2.11. The maximum atomic E-state index is 5.14. The summed E-state index contributed by atoms with van der Waals surface area (Å²) in [4.78, 5) is 0. The molecule has 1 fully saturated rings. The molecule has 0 bridgehead atoms. The van der Waals surface area contributed by atoms with E-state index in [1.807, 2.05) is 0 Å². The molecule has 0 spiro atoms. The highest BCUT2D eigenvalue weighted by Gasteiger charge is 2.06. The van der Waals surface area contributed by atoms with Crippen LogP contribution in [0.3, 0.4) is 0 Å². The minimum Gasteiger partial charge on any atom is -0.368 e. The van der Waals surface area contributed by atoms with Gasteiger partial charge < -0.3 is 4.74 Å². The number of thiol groups is 1. The van der Waals surface area contributed by atoms with E-state index >= 15 is 0 Å². The van der Waals surface area contributed by atoms with Gasteiger partial charge in [-0.1, -0.05) is 0 Å². The first-order chi connectivity index (χ1) is 3.39. The predicted molar refractivity (Wildman–Crippen MR) is 32.6 cm³/mol. The van der Waals surface area contributed by atoms with E-state index in [1.54, 1.807) is 0 Å². The highest BCUT2D eigenvalue weighted by molar-refractivity contribution is 7.80. The van der Waals surface area contributed by atoms with Crippen molar-refractivity contribution < 1.29 is 4.74 Å². The van der Waals surface area contributed by atoms with Crippen LogP contribution in [0.4, 0.5) is 0 Å². The van der Waals surface area contributed by atoms with Crippen LogP contribution in [0.1, 0.15) is 19.3 Å². The molecule has 1 atom stereocenters. The Morgan fingerprint density at radius 1 is 1.43 bits per heavy atom. The first-order valence-electron chi connectivity index (χ1n) is 2.69. The van der Waals surface area contributed by atoms with Gasteiger partial charge in [0.2, 0.25) is 0 Å². The van der Waals surface area contributed by atoms with Crippen molar-refractivity contribution in [1.82, 2.24) is 0 Å². The molecule has 0 unspecified atom stereocenters. The Kier molecular flexibility index (Phi) is 2.00. The first kappa shape index (κ1) is 5.45. The van der Waals surface area contributed by atoms with E-state index in [-0.39, 0.29) is 5.44 Å². The zero-order valence-electron chi connectivity index (χ0n) is 4.26. The van der Waals surface area contributed by atoms with Crippen molar-refractivity contribution >= 4 is 12.6 Å². The second kappa shape index (κ2) is 2.58. The summed E-state index contributed by atoms with van der Waals surface area (Å²) in [7, 11) is 0. The second-order valence-electron chi connectivity index (χ2n) is 1.82. The van der Waals surface area contributed by atoms with Crippen LogP contribution in [0.25, 0.3) is 0 Å². The average molecular weight is 118 g/mol. The third kappa shape index (κ3) is 1.70. The second-order valence-corrected chi connectivity index (χ2v) is 2.40. The molecule has 1 rings (SSSR count). The number of rotatable bonds is 0. The summed E-state index contributed by atoms with van der Waals surface area (Å²) in [6.45, 7) is 0.911. The van der Waals surface area contributed by atoms with Crippen LogP contribution in [0.2, 0.25) is 0 Å². The Hall–Kier alpha value is 0.310. The Bertz CT molecular complexity index is 50.0. The molecular weight excluding hydrogens is 108 g/mol. The van der Waals surface area contributed by atoms with Crippen LogP contribution in [0.5, 0.6) is 0 Å². The van der Waals surface area contributed by atoms with Crippen molar-refractivity contribution in [3.8, 4) is 0 Å². The highest BCUT2D eigenvalue weighted by Crippen LogP contribution is 2.14. The van der Waals surface area contributed by atoms with Crippen molar-refractivity contribution in [2.45, 2.75) is 24.7 Å². The molecular formula is C5H10OS. The molecule has 2 heteroatoms. The van der Waals surface area contributed by atoms with Crippen molar-refractivity contribution in [1.29, 1.82) is 0 Å². The normalized spacial score (nSPS) is 33.0. The molecule has 1 nitrogen and oxygen atoms in total. The zero-order valence-corrected chi connectivity index (χ0v) is 5.16. The van der Waals surface area contributed by atoms with Crippen LogP contribution in [0, 0.1) is 0 Å². The summed E-state index contributed by atoms with van der Waals surface area (Å²) in [6, 6.07) is 0. The molecule has 0 aliphatic carbocycles. The van der Waals surface area contributed by atoms with Crippen LogP contribution in [-0.2, 0) is 4.74 Å². The lowest BCUT2D eigenvalue weighted by atomic mass is 10.2. The van der Waals surface area contributed by atoms with E-state index in [4.69, 9.17) is 4.74 Å². The number of hydrogen-bond donors (Lipinski definition) is 1. The summed E-state index contributed by atoms with van der Waals surface area (Å²) < 4.78 is 5.14. The van der Waals surface area contributed by atoms with Gasteiger partial charge >= 0.3 is 0 Å². The number of ether oxygens (including phenoxy) is 1. The Morgan fingerprint density at radius 2 is 2.29 bits per heavy atom. The fraction of sp³-hybridized carbons (Fsp3) is 1.00. The molecule has 0 aromatic heterocycles. The average Bonchev–Trinajstić information content (AvgIpc) is 1.69. The molecule has 1 heterocycles. The van der Waals surface area contributed by atoms with E-state index in [0.29, 0.717) is 0 Å². The van der Waals surface area contributed by atoms with Crippen molar-refractivity contribution in [2.75, 3.05) is 6.61 Å². The maximum absolute atomic E-state index is 5.14. The van der Waals surface area contributed by atoms with Gasteiger partial charge in [0.15, 0.2) is 0 Å². The first-order valence-corrected chi connectivity index (χ1v) is 3.21. The minimum atomic E-state index is 0.230. The quantitative estimate of drug-likeness (QED) is 0.473. The van der Waals surface area contributed by atoms with Crippen molar-refractivity contribution in [3.63, 3.8) is 0 Å². The van der Waals surface area contributed by atoms with Crippen molar-refractivity contribution in [2.24, 2.45) is 0 Å². The molecule has 0 amide bonds. The van der Waals surface area contributed by atoms with Gasteiger partial charge in [0, 0.05) is 6.61 Å². The van der Waals surface area contributed by atoms with Gasteiger partial charge in [0.1, 0.15) is 0 Å². The smallest absolute Gasteiger partial charge is 0.0999 e. The third-order valence-electron chi connectivity index (χ3n) is 1.16. The summed E-state index contributed by atoms with van der Waals surface area (Å²) in [5.41, 5.74) is 0.230. The fourth-order valence-electron chi connectivity index (χ4n) is 0.724. The predicted octanol–water partition coefficient (Wildman–Crippen LogP) is 1.44. The molecule has 0 radical (unpaired) electrons. The maximum Gasteiger partial charge on any atom is 0.0999 e. The SMILES string of the molecule is S[C@H]1CCCCO1. The van der Waals surface area contributed by atoms with E-state index < -0.39 is 0 Å². The van der Waals surface area contributed by atoms with Gasteiger partial charge in [0.05, 0.1) is 5.44 Å². The summed E-state index contributed by atoms with van der Waals surface area (Å²) in [6.07, 6.45) is 3.63. The van der Waals surface area contributed by atoms with E-state index in [0.717, 1.165) is 13.0 Å². The standard InChI is InChI=1S/C5H10OS/c7-5-3-1-2-4-6-5/h5,7H,1-4H2/t5-/m0/s1. The molecule has 1 aliphatic rings. The Balaban J connectivity index is 2.12.